The number of hydrogen-bond donors (Lipinski definition) is 0. The van der Waals surface area contributed by atoms with Crippen molar-refractivity contribution in [2.24, 2.45) is 7.05 Å². The predicted octanol–water partition coefficient (Wildman–Crippen LogP) is 2.54. The van der Waals surface area contributed by atoms with Crippen molar-refractivity contribution in [3.63, 3.8) is 0 Å². The normalized spacial score (nSPS) is 10.9. The number of rotatable bonds is 0. The first-order valence-corrected chi connectivity index (χ1v) is 4.14. The van der Waals surface area contributed by atoms with Crippen molar-refractivity contribution in [2.75, 3.05) is 0 Å². The summed E-state index contributed by atoms with van der Waals surface area (Å²) in [5, 5.41) is 1.79. The van der Waals surface area contributed by atoms with Crippen LogP contribution in [-0.2, 0) is 7.05 Å². The fourth-order valence-corrected chi connectivity index (χ4v) is 1.51. The average molecular weight is 181 g/mol. The quantitative estimate of drug-likeness (QED) is 0.609. The maximum Gasteiger partial charge on any atom is 0.141 e. The fourth-order valence-electron chi connectivity index (χ4n) is 1.31. The van der Waals surface area contributed by atoms with E-state index in [9.17, 15) is 0 Å². The molecule has 0 aliphatic rings. The highest BCUT2D eigenvalue weighted by molar-refractivity contribution is 6.35. The third-order valence-corrected chi connectivity index (χ3v) is 2.45. The van der Waals surface area contributed by atoms with Crippen LogP contribution < -0.4 is 0 Å². The molecular weight excluding hydrogens is 172 g/mol. The molecule has 62 valence electrons. The van der Waals surface area contributed by atoms with Crippen LogP contribution in [-0.4, -0.2) is 9.55 Å². The fraction of sp³-hybridized carbons (Fsp3) is 0.222. The van der Waals surface area contributed by atoms with Gasteiger partial charge in [0.1, 0.15) is 5.65 Å². The summed E-state index contributed by atoms with van der Waals surface area (Å²) in [7, 11) is 1.99. The maximum absolute atomic E-state index is 5.99. The molecule has 0 unspecified atom stereocenters. The van der Waals surface area contributed by atoms with Gasteiger partial charge in [0.2, 0.25) is 0 Å². The van der Waals surface area contributed by atoms with E-state index in [0.29, 0.717) is 0 Å². The lowest BCUT2D eigenvalue weighted by Crippen LogP contribution is -1.90. The van der Waals surface area contributed by atoms with Gasteiger partial charge in [-0.25, -0.2) is 4.98 Å². The van der Waals surface area contributed by atoms with E-state index < -0.39 is 0 Å². The van der Waals surface area contributed by atoms with Crippen LogP contribution in [0.3, 0.4) is 0 Å². The zero-order chi connectivity index (χ0) is 8.72. The molecule has 0 amide bonds. The summed E-state index contributed by atoms with van der Waals surface area (Å²) in [4.78, 5) is 4.24. The average Bonchev–Trinajstić information content (AvgIpc) is 2.32. The largest absolute Gasteiger partial charge is 0.333 e. The molecule has 0 fully saturated rings. The van der Waals surface area contributed by atoms with E-state index in [1.165, 1.54) is 5.69 Å². The van der Waals surface area contributed by atoms with Gasteiger partial charge >= 0.3 is 0 Å². The van der Waals surface area contributed by atoms with E-state index in [1.54, 1.807) is 6.20 Å². The highest BCUT2D eigenvalue weighted by Gasteiger charge is 2.05. The van der Waals surface area contributed by atoms with Crippen LogP contribution >= 0.6 is 11.6 Å². The molecule has 0 saturated heterocycles. The molecule has 12 heavy (non-hydrogen) atoms. The van der Waals surface area contributed by atoms with Crippen LogP contribution in [0.5, 0.6) is 0 Å². The minimum absolute atomic E-state index is 0.767. The number of aryl methyl sites for hydroxylation is 2. The van der Waals surface area contributed by atoms with Gasteiger partial charge in [0.05, 0.1) is 5.02 Å². The van der Waals surface area contributed by atoms with Crippen LogP contribution in [0.2, 0.25) is 5.02 Å². The zero-order valence-electron chi connectivity index (χ0n) is 7.00. The Hall–Kier alpha value is -1.02. The minimum Gasteiger partial charge on any atom is -0.333 e. The van der Waals surface area contributed by atoms with Crippen molar-refractivity contribution in [2.45, 2.75) is 6.92 Å². The first-order valence-electron chi connectivity index (χ1n) is 3.76. The Labute approximate surface area is 75.8 Å². The standard InChI is InChI=1S/C9H9ClN2/c1-6-5-7-8(10)3-4-11-9(7)12(6)2/h3-5H,1-2H3. The zero-order valence-corrected chi connectivity index (χ0v) is 7.76. The van der Waals surface area contributed by atoms with E-state index in [1.807, 2.05) is 30.7 Å². The second-order valence-electron chi connectivity index (χ2n) is 2.87. The van der Waals surface area contributed by atoms with E-state index >= 15 is 0 Å². The maximum atomic E-state index is 5.99. The Morgan fingerprint density at radius 3 is 2.92 bits per heavy atom. The molecule has 0 radical (unpaired) electrons. The number of aromatic nitrogens is 2. The SMILES string of the molecule is Cc1cc2c(Cl)ccnc2n1C. The smallest absolute Gasteiger partial charge is 0.141 e. The van der Waals surface area contributed by atoms with Gasteiger partial charge in [-0.1, -0.05) is 11.6 Å². The highest BCUT2D eigenvalue weighted by Crippen LogP contribution is 2.23. The van der Waals surface area contributed by atoms with Crippen molar-refractivity contribution >= 4 is 22.6 Å². The Balaban J connectivity index is 2.95. The summed E-state index contributed by atoms with van der Waals surface area (Å²) in [5.74, 6) is 0. The van der Waals surface area contributed by atoms with Crippen LogP contribution in [0.15, 0.2) is 18.3 Å². The second-order valence-corrected chi connectivity index (χ2v) is 3.28. The van der Waals surface area contributed by atoms with Gasteiger partial charge in [-0.2, -0.15) is 0 Å². The summed E-state index contributed by atoms with van der Waals surface area (Å²) in [6.45, 7) is 2.04. The Bertz CT molecular complexity index is 431. The molecule has 3 heteroatoms. The van der Waals surface area contributed by atoms with Gasteiger partial charge in [0.15, 0.2) is 0 Å². The highest BCUT2D eigenvalue weighted by atomic mass is 35.5. The lowest BCUT2D eigenvalue weighted by molar-refractivity contribution is 0.902. The molecular formula is C9H9ClN2. The van der Waals surface area contributed by atoms with Crippen LogP contribution in [0.4, 0.5) is 0 Å². The molecule has 0 atom stereocenters. The molecule has 2 rings (SSSR count). The van der Waals surface area contributed by atoms with Crippen molar-refractivity contribution in [1.82, 2.24) is 9.55 Å². The lowest BCUT2D eigenvalue weighted by atomic mass is 10.3. The third-order valence-electron chi connectivity index (χ3n) is 2.12. The second kappa shape index (κ2) is 2.49. The molecule has 2 nitrogen and oxygen atoms in total. The van der Waals surface area contributed by atoms with Crippen LogP contribution in [0.25, 0.3) is 11.0 Å². The first-order chi connectivity index (χ1) is 5.70. The van der Waals surface area contributed by atoms with Gasteiger partial charge in [0, 0.05) is 24.3 Å². The Morgan fingerprint density at radius 2 is 2.25 bits per heavy atom. The van der Waals surface area contributed by atoms with Crippen molar-refractivity contribution in [3.05, 3.63) is 29.0 Å². The molecule has 0 aliphatic heterocycles. The number of halogens is 1. The van der Waals surface area contributed by atoms with E-state index in [4.69, 9.17) is 11.6 Å². The van der Waals surface area contributed by atoms with E-state index in [2.05, 4.69) is 4.98 Å². The Kier molecular flexibility index (Phi) is 1.58. The van der Waals surface area contributed by atoms with E-state index in [0.717, 1.165) is 16.1 Å². The van der Waals surface area contributed by atoms with Gasteiger partial charge in [-0.05, 0) is 19.1 Å². The molecule has 0 spiro atoms. The predicted molar refractivity (Wildman–Crippen MR) is 50.5 cm³/mol. The lowest BCUT2D eigenvalue weighted by Gasteiger charge is -1.96. The number of fused-ring (bicyclic) bond motifs is 1. The molecule has 2 aromatic rings. The van der Waals surface area contributed by atoms with Gasteiger partial charge in [-0.3, -0.25) is 0 Å². The minimum atomic E-state index is 0.767. The molecule has 0 bridgehead atoms. The summed E-state index contributed by atoms with van der Waals surface area (Å²) >= 11 is 5.99. The third kappa shape index (κ3) is 0.916. The summed E-state index contributed by atoms with van der Waals surface area (Å²) in [6.07, 6.45) is 1.73. The van der Waals surface area contributed by atoms with E-state index in [-0.39, 0.29) is 0 Å². The number of nitrogens with zero attached hydrogens (tertiary/aromatic N) is 2. The number of hydrogen-bond acceptors (Lipinski definition) is 1. The summed E-state index contributed by atoms with van der Waals surface area (Å²) in [5.41, 5.74) is 2.12. The van der Waals surface area contributed by atoms with Crippen molar-refractivity contribution < 1.29 is 0 Å². The molecule has 2 heterocycles. The molecule has 0 N–H and O–H groups in total. The van der Waals surface area contributed by atoms with Gasteiger partial charge in [0.25, 0.3) is 0 Å². The van der Waals surface area contributed by atoms with Gasteiger partial charge < -0.3 is 4.57 Å². The first kappa shape index (κ1) is 7.62. The topological polar surface area (TPSA) is 17.8 Å². The molecule has 0 aliphatic carbocycles. The Morgan fingerprint density at radius 1 is 1.50 bits per heavy atom. The van der Waals surface area contributed by atoms with Crippen LogP contribution in [0.1, 0.15) is 5.69 Å². The van der Waals surface area contributed by atoms with Crippen LogP contribution in [0, 0.1) is 6.92 Å². The molecule has 0 aromatic carbocycles. The van der Waals surface area contributed by atoms with Crippen molar-refractivity contribution in [1.29, 1.82) is 0 Å². The number of pyridine rings is 1. The molecule has 2 aromatic heterocycles. The summed E-state index contributed by atoms with van der Waals surface area (Å²) < 4.78 is 2.03. The molecule has 0 saturated carbocycles. The van der Waals surface area contributed by atoms with Gasteiger partial charge in [-0.15, -0.1) is 0 Å². The monoisotopic (exact) mass is 180 g/mol. The summed E-state index contributed by atoms with van der Waals surface area (Å²) in [6, 6.07) is 3.86. The van der Waals surface area contributed by atoms with Crippen molar-refractivity contribution in [3.8, 4) is 0 Å².